The van der Waals surface area contributed by atoms with Gasteiger partial charge in [-0.05, 0) is 13.0 Å². The largest absolute Gasteiger partial charge is 0.378 e. The van der Waals surface area contributed by atoms with Crippen molar-refractivity contribution < 1.29 is 4.92 Å². The quantitative estimate of drug-likeness (QED) is 0.628. The summed E-state index contributed by atoms with van der Waals surface area (Å²) in [6.45, 7) is 1.90. The van der Waals surface area contributed by atoms with Gasteiger partial charge in [-0.15, -0.1) is 0 Å². The van der Waals surface area contributed by atoms with Crippen LogP contribution in [0.4, 0.5) is 11.5 Å². The molecule has 0 radical (unpaired) electrons. The lowest BCUT2D eigenvalue weighted by Crippen LogP contribution is -2.02. The number of hydrogen-bond donors (Lipinski definition) is 1. The molecule has 0 fully saturated rings. The number of hydrogen-bond acceptors (Lipinski definition) is 5. The van der Waals surface area contributed by atoms with Gasteiger partial charge in [0.1, 0.15) is 6.33 Å². The molecule has 17 heavy (non-hydrogen) atoms. The minimum Gasteiger partial charge on any atom is -0.378 e. The number of aryl methyl sites for hydroxylation is 1. The number of rotatable bonds is 2. The fraction of sp³-hybridized carbons (Fsp3) is 0.0909. The maximum Gasteiger partial charge on any atom is 0.337 e. The second-order valence-electron chi connectivity index (χ2n) is 3.58. The Kier molecular flexibility index (Phi) is 2.70. The van der Waals surface area contributed by atoms with E-state index in [1.807, 2.05) is 25.1 Å². The molecule has 0 atom stereocenters. The van der Waals surface area contributed by atoms with Crippen LogP contribution < -0.4 is 5.73 Å². The lowest BCUT2D eigenvalue weighted by atomic mass is 10.1. The SMILES string of the molecule is Cc1cccc(-c2ncnc(N)c2[N+](=O)[O-])c1. The van der Waals surface area contributed by atoms with E-state index >= 15 is 0 Å². The summed E-state index contributed by atoms with van der Waals surface area (Å²) in [6, 6.07) is 7.28. The number of nitro groups is 1. The number of nitrogens with zero attached hydrogens (tertiary/aromatic N) is 3. The molecular formula is C11H10N4O2. The second-order valence-corrected chi connectivity index (χ2v) is 3.58. The van der Waals surface area contributed by atoms with Crippen LogP contribution in [0.3, 0.4) is 0 Å². The third-order valence-electron chi connectivity index (χ3n) is 2.32. The first kappa shape index (κ1) is 11.0. The zero-order chi connectivity index (χ0) is 12.4. The summed E-state index contributed by atoms with van der Waals surface area (Å²) in [5, 5.41) is 10.9. The number of aromatic nitrogens is 2. The van der Waals surface area contributed by atoms with Crippen LogP contribution in [0.25, 0.3) is 11.3 Å². The minimum atomic E-state index is -0.562. The van der Waals surface area contributed by atoms with E-state index < -0.39 is 4.92 Å². The summed E-state index contributed by atoms with van der Waals surface area (Å²) in [4.78, 5) is 18.0. The van der Waals surface area contributed by atoms with Gasteiger partial charge in [-0.2, -0.15) is 0 Å². The van der Waals surface area contributed by atoms with Crippen molar-refractivity contribution in [2.45, 2.75) is 6.92 Å². The number of benzene rings is 1. The van der Waals surface area contributed by atoms with Gasteiger partial charge in [0, 0.05) is 5.56 Å². The molecule has 1 heterocycles. The van der Waals surface area contributed by atoms with Crippen molar-refractivity contribution in [2.75, 3.05) is 5.73 Å². The van der Waals surface area contributed by atoms with Gasteiger partial charge in [0.2, 0.25) is 5.82 Å². The predicted molar refractivity (Wildman–Crippen MR) is 63.3 cm³/mol. The van der Waals surface area contributed by atoms with Gasteiger partial charge in [-0.1, -0.05) is 23.8 Å². The van der Waals surface area contributed by atoms with Crippen molar-refractivity contribution in [3.63, 3.8) is 0 Å². The van der Waals surface area contributed by atoms with Crippen molar-refractivity contribution in [2.24, 2.45) is 0 Å². The van der Waals surface area contributed by atoms with Crippen LogP contribution in [0.15, 0.2) is 30.6 Å². The molecule has 2 rings (SSSR count). The van der Waals surface area contributed by atoms with Gasteiger partial charge < -0.3 is 5.73 Å². The van der Waals surface area contributed by atoms with E-state index in [-0.39, 0.29) is 17.2 Å². The summed E-state index contributed by atoms with van der Waals surface area (Å²) in [5.41, 5.74) is 7.15. The molecule has 0 saturated heterocycles. The third-order valence-corrected chi connectivity index (χ3v) is 2.32. The van der Waals surface area contributed by atoms with Crippen molar-refractivity contribution in [3.8, 4) is 11.3 Å². The molecule has 1 aromatic carbocycles. The normalized spacial score (nSPS) is 10.2. The Labute approximate surface area is 97.3 Å². The van der Waals surface area contributed by atoms with Gasteiger partial charge >= 0.3 is 5.69 Å². The summed E-state index contributed by atoms with van der Waals surface area (Å²) < 4.78 is 0. The first-order chi connectivity index (χ1) is 8.09. The van der Waals surface area contributed by atoms with Gasteiger partial charge in [0.25, 0.3) is 0 Å². The van der Waals surface area contributed by atoms with E-state index in [0.29, 0.717) is 5.56 Å². The maximum atomic E-state index is 10.9. The monoisotopic (exact) mass is 230 g/mol. The zero-order valence-corrected chi connectivity index (χ0v) is 9.12. The molecule has 0 bridgehead atoms. The summed E-state index contributed by atoms with van der Waals surface area (Å²) in [6.07, 6.45) is 1.22. The molecule has 0 aliphatic rings. The van der Waals surface area contributed by atoms with Gasteiger partial charge in [0.15, 0.2) is 5.69 Å². The van der Waals surface area contributed by atoms with E-state index in [9.17, 15) is 10.1 Å². The third kappa shape index (κ3) is 2.05. The highest BCUT2D eigenvalue weighted by atomic mass is 16.6. The molecule has 0 spiro atoms. The molecule has 6 nitrogen and oxygen atoms in total. The molecule has 0 unspecified atom stereocenters. The fourth-order valence-corrected chi connectivity index (χ4v) is 1.58. The van der Waals surface area contributed by atoms with Gasteiger partial charge in [-0.3, -0.25) is 10.1 Å². The Morgan fingerprint density at radius 3 is 2.76 bits per heavy atom. The van der Waals surface area contributed by atoms with Crippen LogP contribution in [0.2, 0.25) is 0 Å². The standard InChI is InChI=1S/C11H10N4O2/c1-7-3-2-4-8(5-7)9-10(15(16)17)11(12)14-6-13-9/h2-6H,1H3,(H2,12,13,14). The molecule has 0 aliphatic heterocycles. The van der Waals surface area contributed by atoms with Crippen LogP contribution >= 0.6 is 0 Å². The van der Waals surface area contributed by atoms with E-state index in [4.69, 9.17) is 5.73 Å². The molecule has 0 aliphatic carbocycles. The average Bonchev–Trinajstić information content (AvgIpc) is 2.28. The lowest BCUT2D eigenvalue weighted by Gasteiger charge is -2.04. The van der Waals surface area contributed by atoms with Crippen LogP contribution in [-0.2, 0) is 0 Å². The number of anilines is 1. The second kappa shape index (κ2) is 4.17. The smallest absolute Gasteiger partial charge is 0.337 e. The highest BCUT2D eigenvalue weighted by Crippen LogP contribution is 2.31. The zero-order valence-electron chi connectivity index (χ0n) is 9.12. The Bertz CT molecular complexity index is 583. The van der Waals surface area contributed by atoms with E-state index in [2.05, 4.69) is 9.97 Å². The summed E-state index contributed by atoms with van der Waals surface area (Å²) in [5.74, 6) is -0.124. The molecule has 0 amide bonds. The van der Waals surface area contributed by atoms with Crippen molar-refractivity contribution in [3.05, 3.63) is 46.3 Å². The molecule has 2 aromatic rings. The Morgan fingerprint density at radius 1 is 1.35 bits per heavy atom. The van der Waals surface area contributed by atoms with Crippen molar-refractivity contribution in [1.29, 1.82) is 0 Å². The summed E-state index contributed by atoms with van der Waals surface area (Å²) in [7, 11) is 0. The van der Waals surface area contributed by atoms with Crippen LogP contribution in [0, 0.1) is 17.0 Å². The fourth-order valence-electron chi connectivity index (χ4n) is 1.58. The molecule has 86 valence electrons. The topological polar surface area (TPSA) is 94.9 Å². The molecule has 0 saturated carbocycles. The molecule has 2 N–H and O–H groups in total. The first-order valence-corrected chi connectivity index (χ1v) is 4.91. The van der Waals surface area contributed by atoms with E-state index in [0.717, 1.165) is 5.56 Å². The predicted octanol–water partition coefficient (Wildman–Crippen LogP) is 1.94. The Balaban J connectivity index is 2.67. The first-order valence-electron chi connectivity index (χ1n) is 4.91. The Hall–Kier alpha value is -2.50. The van der Waals surface area contributed by atoms with E-state index in [1.165, 1.54) is 6.33 Å². The maximum absolute atomic E-state index is 10.9. The number of nitrogens with two attached hydrogens (primary N) is 1. The van der Waals surface area contributed by atoms with Gasteiger partial charge in [0.05, 0.1) is 4.92 Å². The van der Waals surface area contributed by atoms with Crippen molar-refractivity contribution >= 4 is 11.5 Å². The molecule has 6 heteroatoms. The minimum absolute atomic E-state index is 0.124. The highest BCUT2D eigenvalue weighted by Gasteiger charge is 2.21. The van der Waals surface area contributed by atoms with E-state index in [1.54, 1.807) is 6.07 Å². The van der Waals surface area contributed by atoms with Crippen LogP contribution in [-0.4, -0.2) is 14.9 Å². The Morgan fingerprint density at radius 2 is 2.12 bits per heavy atom. The summed E-state index contributed by atoms with van der Waals surface area (Å²) >= 11 is 0. The average molecular weight is 230 g/mol. The highest BCUT2D eigenvalue weighted by molar-refractivity contribution is 5.75. The molecular weight excluding hydrogens is 220 g/mol. The van der Waals surface area contributed by atoms with Crippen LogP contribution in [0.1, 0.15) is 5.56 Å². The van der Waals surface area contributed by atoms with Crippen LogP contribution in [0.5, 0.6) is 0 Å². The number of nitrogen functional groups attached to an aromatic ring is 1. The lowest BCUT2D eigenvalue weighted by molar-refractivity contribution is -0.383. The van der Waals surface area contributed by atoms with Gasteiger partial charge in [-0.25, -0.2) is 9.97 Å². The molecule has 1 aromatic heterocycles. The van der Waals surface area contributed by atoms with Crippen molar-refractivity contribution in [1.82, 2.24) is 9.97 Å².